The molecule has 2 unspecified atom stereocenters. The van der Waals surface area contributed by atoms with Gasteiger partial charge in [-0.2, -0.15) is 0 Å². The average molecular weight is 499 g/mol. The Kier molecular flexibility index (Phi) is 7.10. The van der Waals surface area contributed by atoms with Crippen LogP contribution in [-0.2, 0) is 9.59 Å². The van der Waals surface area contributed by atoms with E-state index < -0.39 is 11.9 Å². The first kappa shape index (κ1) is 27.5. The molecule has 202 valence electrons. The van der Waals surface area contributed by atoms with Crippen LogP contribution in [0.2, 0.25) is 0 Å². The highest BCUT2D eigenvalue weighted by atomic mass is 16.4. The first-order valence-corrected chi connectivity index (χ1v) is 14.5. The highest BCUT2D eigenvalue weighted by molar-refractivity contribution is 5.88. The number of allylic oxidation sites excluding steroid dienone is 3. The van der Waals surface area contributed by atoms with Gasteiger partial charge in [0.15, 0.2) is 0 Å². The van der Waals surface area contributed by atoms with Crippen LogP contribution in [0.25, 0.3) is 0 Å². The Balaban J connectivity index is 1.79. The molecule has 0 saturated heterocycles. The first-order valence-electron chi connectivity index (χ1n) is 14.5. The van der Waals surface area contributed by atoms with Crippen LogP contribution >= 0.6 is 0 Å². The highest BCUT2D eigenvalue weighted by Crippen LogP contribution is 2.76. The van der Waals surface area contributed by atoms with Crippen molar-refractivity contribution in [2.75, 3.05) is 0 Å². The lowest BCUT2D eigenvalue weighted by Gasteiger charge is -2.69. The lowest BCUT2D eigenvalue weighted by molar-refractivity contribution is -0.198. The second-order valence-corrected chi connectivity index (χ2v) is 14.5. The molecule has 36 heavy (non-hydrogen) atoms. The maximum Gasteiger partial charge on any atom is 0.331 e. The number of carboxylic acid groups (broad SMARTS) is 2. The summed E-state index contributed by atoms with van der Waals surface area (Å²) in [5, 5.41) is 20.2. The van der Waals surface area contributed by atoms with Gasteiger partial charge in [0.05, 0.1) is 6.42 Å². The monoisotopic (exact) mass is 498 g/mol. The van der Waals surface area contributed by atoms with Gasteiger partial charge in [0.25, 0.3) is 0 Å². The van der Waals surface area contributed by atoms with Crippen LogP contribution in [0.3, 0.4) is 0 Å². The van der Waals surface area contributed by atoms with E-state index in [0.717, 1.165) is 30.8 Å². The van der Waals surface area contributed by atoms with E-state index >= 15 is 0 Å². The summed E-state index contributed by atoms with van der Waals surface area (Å²) in [6, 6.07) is 0. The van der Waals surface area contributed by atoms with Gasteiger partial charge >= 0.3 is 11.9 Å². The summed E-state index contributed by atoms with van der Waals surface area (Å²) in [6.07, 6.45) is 12.7. The van der Waals surface area contributed by atoms with E-state index in [-0.39, 0.29) is 29.1 Å². The van der Waals surface area contributed by atoms with Crippen molar-refractivity contribution >= 4 is 11.9 Å². The molecule has 0 amide bonds. The van der Waals surface area contributed by atoms with Crippen molar-refractivity contribution in [1.82, 2.24) is 0 Å². The molecule has 4 nitrogen and oxygen atoms in total. The molecule has 0 heterocycles. The van der Waals surface area contributed by atoms with Gasteiger partial charge < -0.3 is 10.2 Å². The van der Waals surface area contributed by atoms with Crippen LogP contribution in [0.5, 0.6) is 0 Å². The second kappa shape index (κ2) is 9.31. The molecule has 4 aliphatic carbocycles. The van der Waals surface area contributed by atoms with Crippen molar-refractivity contribution in [3.05, 3.63) is 22.8 Å². The number of carbonyl (C=O) groups is 2. The van der Waals surface area contributed by atoms with Gasteiger partial charge in [0, 0.05) is 5.57 Å². The lowest BCUT2D eigenvalue weighted by atomic mass is 9.36. The zero-order chi connectivity index (χ0) is 26.7. The summed E-state index contributed by atoms with van der Waals surface area (Å²) in [6.45, 7) is 16.5. The molecule has 4 rings (SSSR count). The van der Waals surface area contributed by atoms with Crippen molar-refractivity contribution in [2.24, 2.45) is 45.3 Å². The Morgan fingerprint density at radius 2 is 1.61 bits per heavy atom. The van der Waals surface area contributed by atoms with Crippen LogP contribution in [0.15, 0.2) is 22.8 Å². The molecule has 4 saturated carbocycles. The van der Waals surface area contributed by atoms with E-state index in [4.69, 9.17) is 0 Å². The van der Waals surface area contributed by atoms with Crippen molar-refractivity contribution in [1.29, 1.82) is 0 Å². The van der Waals surface area contributed by atoms with Gasteiger partial charge in [-0.05, 0) is 117 Å². The van der Waals surface area contributed by atoms with E-state index in [0.29, 0.717) is 35.2 Å². The largest absolute Gasteiger partial charge is 0.481 e. The molecular formula is C32H50O4. The van der Waals surface area contributed by atoms with Gasteiger partial charge in [-0.1, -0.05) is 58.3 Å². The van der Waals surface area contributed by atoms with Gasteiger partial charge in [0.1, 0.15) is 0 Å². The number of aliphatic carboxylic acids is 2. The third-order valence-electron chi connectivity index (χ3n) is 12.1. The van der Waals surface area contributed by atoms with Crippen LogP contribution in [0.4, 0.5) is 0 Å². The highest BCUT2D eigenvalue weighted by Gasteiger charge is 2.68. The fraction of sp³-hybridized carbons (Fsp3) is 0.812. The Labute approximate surface area is 219 Å². The third-order valence-corrected chi connectivity index (χ3v) is 12.1. The fourth-order valence-electron chi connectivity index (χ4n) is 10.5. The predicted molar refractivity (Wildman–Crippen MR) is 145 cm³/mol. The molecular weight excluding hydrogens is 448 g/mol. The molecule has 0 bridgehead atoms. The van der Waals surface area contributed by atoms with E-state index in [1.807, 2.05) is 13.8 Å². The Morgan fingerprint density at radius 3 is 2.22 bits per heavy atom. The molecule has 4 heteroatoms. The SMILES string of the molecule is CC(C)=CCCC(C(=O)O)=C1C(CC(=O)O)C[C@@]2(C)[C@@H]1CC[C@@H]1[C@@]3(C)CCCC(C)(C)C3CC[C@]12C. The summed E-state index contributed by atoms with van der Waals surface area (Å²) in [5.74, 6) is -0.281. The predicted octanol–water partition coefficient (Wildman–Crippen LogP) is 8.27. The molecule has 0 radical (unpaired) electrons. The van der Waals surface area contributed by atoms with Crippen LogP contribution in [-0.4, -0.2) is 22.2 Å². The standard InChI is InChI=1S/C32H50O4/c1-20(2)10-8-11-22(28(35)36)27-21(18-26(33)34)19-32(7)23(27)12-13-25-30(5)16-9-15-29(3,4)24(30)14-17-31(25,32)6/h10,21,23-25H,8-9,11-19H2,1-7H3,(H,33,34)(H,35,36)/t21?,23-,24?,25-,30+,31-,32+/m1/s1. The zero-order valence-corrected chi connectivity index (χ0v) is 23.9. The molecule has 4 aliphatic rings. The number of carboxylic acids is 2. The maximum absolute atomic E-state index is 12.6. The lowest BCUT2D eigenvalue weighted by Crippen LogP contribution is -2.61. The van der Waals surface area contributed by atoms with Crippen molar-refractivity contribution in [3.8, 4) is 0 Å². The van der Waals surface area contributed by atoms with Crippen molar-refractivity contribution in [3.63, 3.8) is 0 Å². The molecule has 0 aromatic heterocycles. The van der Waals surface area contributed by atoms with Crippen LogP contribution < -0.4 is 0 Å². The van der Waals surface area contributed by atoms with Gasteiger partial charge in [-0.15, -0.1) is 0 Å². The number of rotatable bonds is 6. The minimum atomic E-state index is -0.844. The minimum absolute atomic E-state index is 0.0501. The van der Waals surface area contributed by atoms with E-state index in [1.54, 1.807) is 0 Å². The maximum atomic E-state index is 12.6. The molecule has 0 aliphatic heterocycles. The number of hydrogen-bond acceptors (Lipinski definition) is 2. The average Bonchev–Trinajstić information content (AvgIpc) is 3.02. The summed E-state index contributed by atoms with van der Waals surface area (Å²) in [5.41, 5.74) is 3.43. The van der Waals surface area contributed by atoms with Crippen LogP contribution in [0, 0.1) is 45.3 Å². The molecule has 0 spiro atoms. The van der Waals surface area contributed by atoms with Crippen molar-refractivity contribution < 1.29 is 19.8 Å². The molecule has 0 aromatic rings. The summed E-state index contributed by atoms with van der Waals surface area (Å²) in [4.78, 5) is 24.6. The van der Waals surface area contributed by atoms with Gasteiger partial charge in [-0.25, -0.2) is 4.79 Å². The van der Waals surface area contributed by atoms with E-state index in [1.165, 1.54) is 37.7 Å². The Bertz CT molecular complexity index is 969. The summed E-state index contributed by atoms with van der Waals surface area (Å²) in [7, 11) is 0. The summed E-state index contributed by atoms with van der Waals surface area (Å²) < 4.78 is 0. The minimum Gasteiger partial charge on any atom is -0.481 e. The summed E-state index contributed by atoms with van der Waals surface area (Å²) >= 11 is 0. The third kappa shape index (κ3) is 4.19. The second-order valence-electron chi connectivity index (χ2n) is 14.5. The van der Waals surface area contributed by atoms with Gasteiger partial charge in [0.2, 0.25) is 0 Å². The first-order chi connectivity index (χ1) is 16.7. The Morgan fingerprint density at radius 1 is 0.917 bits per heavy atom. The van der Waals surface area contributed by atoms with Crippen LogP contribution in [0.1, 0.15) is 119 Å². The molecule has 0 aromatic carbocycles. The topological polar surface area (TPSA) is 74.6 Å². The molecule has 4 fully saturated rings. The Hall–Kier alpha value is -1.58. The van der Waals surface area contributed by atoms with Gasteiger partial charge in [-0.3, -0.25) is 4.79 Å². The number of hydrogen-bond donors (Lipinski definition) is 2. The zero-order valence-electron chi connectivity index (χ0n) is 23.9. The molecule has 2 N–H and O–H groups in total. The fourth-order valence-corrected chi connectivity index (χ4v) is 10.5. The van der Waals surface area contributed by atoms with Crippen molar-refractivity contribution in [2.45, 2.75) is 119 Å². The van der Waals surface area contributed by atoms with E-state index in [9.17, 15) is 19.8 Å². The normalized spacial score (nSPS) is 42.5. The smallest absolute Gasteiger partial charge is 0.331 e. The number of fused-ring (bicyclic) bond motifs is 5. The van der Waals surface area contributed by atoms with E-state index in [2.05, 4.69) is 40.7 Å². The molecule has 7 atom stereocenters. The quantitative estimate of drug-likeness (QED) is 0.285.